The molecule has 1 atom stereocenters. The van der Waals surface area contributed by atoms with Crippen LogP contribution in [0.2, 0.25) is 0 Å². The highest BCUT2D eigenvalue weighted by molar-refractivity contribution is 5.90. The molecule has 0 unspecified atom stereocenters. The van der Waals surface area contributed by atoms with Crippen molar-refractivity contribution in [2.75, 3.05) is 34.5 Å². The van der Waals surface area contributed by atoms with Crippen molar-refractivity contribution in [2.45, 2.75) is 44.3 Å². The monoisotopic (exact) mass is 495 g/mol. The molecule has 0 spiro atoms. The lowest BCUT2D eigenvalue weighted by Gasteiger charge is -2.33. The smallest absolute Gasteiger partial charge is 0.247 e. The number of ether oxygens (including phenoxy) is 3. The Balaban J connectivity index is 1.73. The van der Waals surface area contributed by atoms with Crippen molar-refractivity contribution < 1.29 is 23.8 Å². The number of hydrogen-bond donors (Lipinski definition) is 1. The molecule has 1 aliphatic rings. The van der Waals surface area contributed by atoms with Crippen LogP contribution in [0.4, 0.5) is 0 Å². The minimum Gasteiger partial charge on any atom is -0.497 e. The molecule has 10 heteroatoms. The van der Waals surface area contributed by atoms with Gasteiger partial charge >= 0.3 is 0 Å². The Morgan fingerprint density at radius 3 is 2.61 bits per heavy atom. The van der Waals surface area contributed by atoms with E-state index in [1.165, 1.54) is 4.90 Å². The molecule has 1 N–H and O–H groups in total. The van der Waals surface area contributed by atoms with Crippen LogP contribution in [0.15, 0.2) is 42.5 Å². The van der Waals surface area contributed by atoms with Crippen molar-refractivity contribution in [3.8, 4) is 11.5 Å². The molecule has 1 fully saturated rings. The molecule has 3 aromatic rings. The van der Waals surface area contributed by atoms with Gasteiger partial charge in [0.2, 0.25) is 11.8 Å². The summed E-state index contributed by atoms with van der Waals surface area (Å²) in [6, 6.07) is 11.8. The largest absolute Gasteiger partial charge is 0.497 e. The number of para-hydroxylation sites is 1. The molecule has 1 heterocycles. The molecule has 4 rings (SSSR count). The number of hydrogen-bond acceptors (Lipinski definition) is 7. The van der Waals surface area contributed by atoms with E-state index in [1.807, 2.05) is 24.3 Å². The number of methoxy groups -OCH3 is 3. The summed E-state index contributed by atoms with van der Waals surface area (Å²) in [5.41, 5.74) is 1.97. The highest BCUT2D eigenvalue weighted by atomic mass is 16.5. The second-order valence-electron chi connectivity index (χ2n) is 8.82. The summed E-state index contributed by atoms with van der Waals surface area (Å²) in [7, 11) is 4.66. The van der Waals surface area contributed by atoms with Gasteiger partial charge in [-0.25, -0.2) is 4.68 Å². The lowest BCUT2D eigenvalue weighted by Crippen LogP contribution is -2.48. The minimum absolute atomic E-state index is 0.0789. The Morgan fingerprint density at radius 2 is 1.89 bits per heavy atom. The number of amides is 2. The zero-order valence-electron chi connectivity index (χ0n) is 21.0. The molecule has 192 valence electrons. The van der Waals surface area contributed by atoms with Gasteiger partial charge in [-0.15, -0.1) is 5.10 Å². The van der Waals surface area contributed by atoms with Crippen LogP contribution >= 0.6 is 0 Å². The van der Waals surface area contributed by atoms with Crippen molar-refractivity contribution in [1.82, 2.24) is 25.2 Å². The molecule has 2 aromatic carbocycles. The summed E-state index contributed by atoms with van der Waals surface area (Å²) in [5.74, 6) is 0.496. The van der Waals surface area contributed by atoms with E-state index >= 15 is 0 Å². The third-order valence-corrected chi connectivity index (χ3v) is 6.55. The fourth-order valence-corrected chi connectivity index (χ4v) is 4.69. The Labute approximate surface area is 210 Å². The lowest BCUT2D eigenvalue weighted by molar-refractivity contribution is -0.142. The fraction of sp³-hybridized carbons (Fsp3) is 0.462. The molecule has 36 heavy (non-hydrogen) atoms. The first-order valence-electron chi connectivity index (χ1n) is 12.1. The van der Waals surface area contributed by atoms with Crippen molar-refractivity contribution in [3.05, 3.63) is 48.0 Å². The van der Waals surface area contributed by atoms with E-state index in [2.05, 4.69) is 15.6 Å². The van der Waals surface area contributed by atoms with Crippen molar-refractivity contribution in [3.63, 3.8) is 0 Å². The normalized spacial score (nSPS) is 14.5. The molecule has 1 aromatic heterocycles. The number of rotatable bonds is 11. The van der Waals surface area contributed by atoms with Crippen molar-refractivity contribution >= 4 is 22.8 Å². The second-order valence-corrected chi connectivity index (χ2v) is 8.82. The van der Waals surface area contributed by atoms with Crippen LogP contribution in [0.1, 0.15) is 37.3 Å². The van der Waals surface area contributed by atoms with Gasteiger partial charge in [0.15, 0.2) is 0 Å². The maximum Gasteiger partial charge on any atom is 0.247 e. The minimum atomic E-state index is -0.951. The molecule has 0 aliphatic heterocycles. The summed E-state index contributed by atoms with van der Waals surface area (Å²) in [6.45, 7) is 0.373. The number of carbonyl (C=O) groups excluding carboxylic acids is 2. The first kappa shape index (κ1) is 25.4. The third-order valence-electron chi connectivity index (χ3n) is 6.55. The maximum absolute atomic E-state index is 13.8. The van der Waals surface area contributed by atoms with E-state index in [-0.39, 0.29) is 37.6 Å². The van der Waals surface area contributed by atoms with E-state index in [9.17, 15) is 9.59 Å². The zero-order valence-corrected chi connectivity index (χ0v) is 21.0. The number of nitrogens with one attached hydrogen (secondary N) is 1. The molecular formula is C26H33N5O5. The second kappa shape index (κ2) is 11.9. The number of nitrogens with zero attached hydrogens (tertiary/aromatic N) is 4. The van der Waals surface area contributed by atoms with Crippen LogP contribution < -0.4 is 14.8 Å². The fourth-order valence-electron chi connectivity index (χ4n) is 4.69. The van der Waals surface area contributed by atoms with Gasteiger partial charge in [0.25, 0.3) is 0 Å². The van der Waals surface area contributed by atoms with Gasteiger partial charge in [0.1, 0.15) is 29.6 Å². The van der Waals surface area contributed by atoms with E-state index in [1.54, 1.807) is 44.2 Å². The SMILES string of the molecule is COCCN(C(=O)Cn1nnc2ccccc21)[C@@H](C(=O)NC1CCCC1)c1cc(OC)ccc1OC. The summed E-state index contributed by atoms with van der Waals surface area (Å²) >= 11 is 0. The average Bonchev–Trinajstić information content (AvgIpc) is 3.56. The predicted octanol–water partition coefficient (Wildman–Crippen LogP) is 2.72. The number of benzene rings is 2. The topological polar surface area (TPSA) is 108 Å². The molecule has 0 radical (unpaired) electrons. The summed E-state index contributed by atoms with van der Waals surface area (Å²) in [4.78, 5) is 29.1. The van der Waals surface area contributed by atoms with Crippen LogP contribution in [-0.4, -0.2) is 72.2 Å². The zero-order chi connectivity index (χ0) is 25.5. The van der Waals surface area contributed by atoms with Crippen LogP contribution in [-0.2, 0) is 20.9 Å². The Kier molecular flexibility index (Phi) is 8.37. The first-order valence-corrected chi connectivity index (χ1v) is 12.1. The van der Waals surface area contributed by atoms with E-state index < -0.39 is 6.04 Å². The summed E-state index contributed by atoms with van der Waals surface area (Å²) in [6.07, 6.45) is 3.99. The van der Waals surface area contributed by atoms with Gasteiger partial charge in [-0.2, -0.15) is 0 Å². The van der Waals surface area contributed by atoms with Crippen LogP contribution in [0, 0.1) is 0 Å². The Hall–Kier alpha value is -3.66. The van der Waals surface area contributed by atoms with Crippen LogP contribution in [0.5, 0.6) is 11.5 Å². The predicted molar refractivity (Wildman–Crippen MR) is 134 cm³/mol. The lowest BCUT2D eigenvalue weighted by atomic mass is 10.0. The van der Waals surface area contributed by atoms with E-state index in [4.69, 9.17) is 14.2 Å². The van der Waals surface area contributed by atoms with Gasteiger partial charge in [-0.05, 0) is 43.2 Å². The summed E-state index contributed by atoms with van der Waals surface area (Å²) < 4.78 is 17.9. The van der Waals surface area contributed by atoms with Crippen molar-refractivity contribution in [2.24, 2.45) is 0 Å². The number of aromatic nitrogens is 3. The molecule has 2 amide bonds. The summed E-state index contributed by atoms with van der Waals surface area (Å²) in [5, 5.41) is 11.5. The third kappa shape index (κ3) is 5.59. The van der Waals surface area contributed by atoms with Gasteiger partial charge in [0.05, 0.1) is 26.3 Å². The van der Waals surface area contributed by atoms with Crippen LogP contribution in [0.3, 0.4) is 0 Å². The average molecular weight is 496 g/mol. The number of fused-ring (bicyclic) bond motifs is 1. The maximum atomic E-state index is 13.8. The highest BCUT2D eigenvalue weighted by Gasteiger charge is 2.35. The molecule has 10 nitrogen and oxygen atoms in total. The van der Waals surface area contributed by atoms with E-state index in [0.717, 1.165) is 31.2 Å². The number of carbonyl (C=O) groups is 2. The molecule has 1 aliphatic carbocycles. The Bertz CT molecular complexity index is 1190. The quantitative estimate of drug-likeness (QED) is 0.436. The van der Waals surface area contributed by atoms with Crippen LogP contribution in [0.25, 0.3) is 11.0 Å². The van der Waals surface area contributed by atoms with Gasteiger partial charge in [0, 0.05) is 25.3 Å². The molecule has 1 saturated carbocycles. The molecule has 0 saturated heterocycles. The first-order chi connectivity index (χ1) is 17.5. The standard InChI is InChI=1S/C26H33N5O5/c1-34-15-14-30(24(32)17-31-22-11-7-6-10-21(22)28-29-31)25(26(33)27-18-8-4-5-9-18)20-16-19(35-2)12-13-23(20)36-3/h6-7,10-13,16,18,25H,4-5,8-9,14-15,17H2,1-3H3,(H,27,33)/t25-/m1/s1. The van der Waals surface area contributed by atoms with Gasteiger partial charge < -0.3 is 24.4 Å². The Morgan fingerprint density at radius 1 is 1.11 bits per heavy atom. The van der Waals surface area contributed by atoms with Gasteiger partial charge in [-0.3, -0.25) is 9.59 Å². The molecule has 0 bridgehead atoms. The van der Waals surface area contributed by atoms with E-state index in [0.29, 0.717) is 22.6 Å². The molecular weight excluding hydrogens is 462 g/mol. The van der Waals surface area contributed by atoms with Gasteiger partial charge in [-0.1, -0.05) is 30.2 Å². The van der Waals surface area contributed by atoms with Crippen molar-refractivity contribution in [1.29, 1.82) is 0 Å². The highest BCUT2D eigenvalue weighted by Crippen LogP contribution is 2.34.